The van der Waals surface area contributed by atoms with E-state index in [2.05, 4.69) is 5.32 Å². The first kappa shape index (κ1) is 14.4. The fourth-order valence-corrected chi connectivity index (χ4v) is 1.89. The predicted octanol–water partition coefficient (Wildman–Crippen LogP) is 3.21. The standard InChI is InChI=1S/C13H20N2O3/c1-10(9-13(2,3)18-4)14-11-7-5-6-8-12(11)15(16)17/h5-8,10,14H,9H2,1-4H3. The Bertz CT molecular complexity index is 418. The highest BCUT2D eigenvalue weighted by atomic mass is 16.6. The fraction of sp³-hybridized carbons (Fsp3) is 0.538. The number of benzene rings is 1. The molecule has 0 amide bonds. The van der Waals surface area contributed by atoms with Crippen LogP contribution in [0.2, 0.25) is 0 Å². The molecule has 1 aromatic rings. The lowest BCUT2D eigenvalue weighted by Gasteiger charge is -2.27. The van der Waals surface area contributed by atoms with Gasteiger partial charge in [0, 0.05) is 19.2 Å². The Labute approximate surface area is 107 Å². The van der Waals surface area contributed by atoms with Crippen LogP contribution in [0.3, 0.4) is 0 Å². The first-order chi connectivity index (χ1) is 8.35. The van der Waals surface area contributed by atoms with Gasteiger partial charge in [0.05, 0.1) is 10.5 Å². The van der Waals surface area contributed by atoms with Gasteiger partial charge in [0.15, 0.2) is 0 Å². The summed E-state index contributed by atoms with van der Waals surface area (Å²) in [6, 6.07) is 6.74. The van der Waals surface area contributed by atoms with Crippen molar-refractivity contribution >= 4 is 11.4 Å². The Kier molecular flexibility index (Phi) is 4.67. The van der Waals surface area contributed by atoms with Gasteiger partial charge in [-0.3, -0.25) is 10.1 Å². The summed E-state index contributed by atoms with van der Waals surface area (Å²) in [7, 11) is 1.66. The van der Waals surface area contributed by atoms with Crippen LogP contribution in [0.4, 0.5) is 11.4 Å². The quantitative estimate of drug-likeness (QED) is 0.623. The van der Waals surface area contributed by atoms with E-state index in [1.165, 1.54) is 6.07 Å². The zero-order valence-corrected chi connectivity index (χ0v) is 11.3. The van der Waals surface area contributed by atoms with Gasteiger partial charge in [-0.15, -0.1) is 0 Å². The number of nitrogens with zero attached hydrogens (tertiary/aromatic N) is 1. The second-order valence-corrected chi connectivity index (χ2v) is 4.99. The number of hydrogen-bond donors (Lipinski definition) is 1. The average Bonchev–Trinajstić information content (AvgIpc) is 2.28. The van der Waals surface area contributed by atoms with Crippen LogP contribution in [0.1, 0.15) is 27.2 Å². The van der Waals surface area contributed by atoms with Gasteiger partial charge in [-0.25, -0.2) is 0 Å². The van der Waals surface area contributed by atoms with Crippen molar-refractivity contribution in [2.45, 2.75) is 38.8 Å². The van der Waals surface area contributed by atoms with Crippen LogP contribution in [0.25, 0.3) is 0 Å². The molecule has 5 nitrogen and oxygen atoms in total. The smallest absolute Gasteiger partial charge is 0.292 e. The Balaban J connectivity index is 2.76. The van der Waals surface area contributed by atoms with E-state index in [0.717, 1.165) is 6.42 Å². The van der Waals surface area contributed by atoms with E-state index in [9.17, 15) is 10.1 Å². The molecule has 0 spiro atoms. The van der Waals surface area contributed by atoms with Gasteiger partial charge < -0.3 is 10.1 Å². The molecular formula is C13H20N2O3. The molecule has 0 fully saturated rings. The number of para-hydroxylation sites is 2. The molecule has 18 heavy (non-hydrogen) atoms. The third-order valence-corrected chi connectivity index (χ3v) is 2.85. The third-order valence-electron chi connectivity index (χ3n) is 2.85. The minimum absolute atomic E-state index is 0.0843. The van der Waals surface area contributed by atoms with Crippen molar-refractivity contribution in [2.75, 3.05) is 12.4 Å². The zero-order chi connectivity index (χ0) is 13.8. The van der Waals surface area contributed by atoms with Gasteiger partial charge in [-0.2, -0.15) is 0 Å². The van der Waals surface area contributed by atoms with E-state index in [-0.39, 0.29) is 22.3 Å². The average molecular weight is 252 g/mol. The molecule has 0 aliphatic carbocycles. The lowest BCUT2D eigenvalue weighted by Crippen LogP contribution is -2.31. The van der Waals surface area contributed by atoms with Crippen molar-refractivity contribution < 1.29 is 9.66 Å². The Morgan fingerprint density at radius 3 is 2.61 bits per heavy atom. The van der Waals surface area contributed by atoms with Crippen LogP contribution in [-0.2, 0) is 4.74 Å². The van der Waals surface area contributed by atoms with Crippen LogP contribution in [0.5, 0.6) is 0 Å². The van der Waals surface area contributed by atoms with Crippen molar-refractivity contribution in [2.24, 2.45) is 0 Å². The van der Waals surface area contributed by atoms with Crippen LogP contribution >= 0.6 is 0 Å². The highest BCUT2D eigenvalue weighted by Crippen LogP contribution is 2.26. The van der Waals surface area contributed by atoms with Crippen LogP contribution < -0.4 is 5.32 Å². The van der Waals surface area contributed by atoms with Gasteiger partial charge in [-0.1, -0.05) is 12.1 Å². The van der Waals surface area contributed by atoms with E-state index < -0.39 is 0 Å². The molecule has 5 heteroatoms. The van der Waals surface area contributed by atoms with Gasteiger partial charge in [0.1, 0.15) is 5.69 Å². The minimum Gasteiger partial charge on any atom is -0.379 e. The molecule has 1 unspecified atom stereocenters. The van der Waals surface area contributed by atoms with Gasteiger partial charge >= 0.3 is 0 Å². The molecule has 1 N–H and O–H groups in total. The molecule has 1 atom stereocenters. The van der Waals surface area contributed by atoms with E-state index in [4.69, 9.17) is 4.74 Å². The highest BCUT2D eigenvalue weighted by Gasteiger charge is 2.22. The molecule has 0 aromatic heterocycles. The lowest BCUT2D eigenvalue weighted by atomic mass is 9.99. The molecule has 1 aromatic carbocycles. The predicted molar refractivity (Wildman–Crippen MR) is 71.9 cm³/mol. The van der Waals surface area contributed by atoms with Crippen LogP contribution in [0.15, 0.2) is 24.3 Å². The van der Waals surface area contributed by atoms with E-state index >= 15 is 0 Å². The maximum atomic E-state index is 10.9. The summed E-state index contributed by atoms with van der Waals surface area (Å²) in [6.45, 7) is 5.96. The monoisotopic (exact) mass is 252 g/mol. The van der Waals surface area contributed by atoms with Crippen LogP contribution in [0, 0.1) is 10.1 Å². The fourth-order valence-electron chi connectivity index (χ4n) is 1.89. The number of nitrogens with one attached hydrogen (secondary N) is 1. The molecule has 0 heterocycles. The number of hydrogen-bond acceptors (Lipinski definition) is 4. The number of methoxy groups -OCH3 is 1. The number of anilines is 1. The molecule has 100 valence electrons. The maximum Gasteiger partial charge on any atom is 0.292 e. The molecular weight excluding hydrogens is 232 g/mol. The molecule has 0 aliphatic rings. The Hall–Kier alpha value is -1.62. The lowest BCUT2D eigenvalue weighted by molar-refractivity contribution is -0.384. The second-order valence-electron chi connectivity index (χ2n) is 4.99. The number of rotatable bonds is 6. The van der Waals surface area contributed by atoms with E-state index in [0.29, 0.717) is 5.69 Å². The largest absolute Gasteiger partial charge is 0.379 e. The molecule has 0 aliphatic heterocycles. The summed E-state index contributed by atoms with van der Waals surface area (Å²) in [5, 5.41) is 14.0. The first-order valence-electron chi connectivity index (χ1n) is 5.91. The molecule has 1 rings (SSSR count). The topological polar surface area (TPSA) is 64.4 Å². The summed E-state index contributed by atoms with van der Waals surface area (Å²) < 4.78 is 5.35. The summed E-state index contributed by atoms with van der Waals surface area (Å²) in [4.78, 5) is 10.5. The highest BCUT2D eigenvalue weighted by molar-refractivity contribution is 5.61. The summed E-state index contributed by atoms with van der Waals surface area (Å²) >= 11 is 0. The van der Waals surface area contributed by atoms with Gasteiger partial charge in [0.2, 0.25) is 0 Å². The van der Waals surface area contributed by atoms with Crippen molar-refractivity contribution in [1.29, 1.82) is 0 Å². The summed E-state index contributed by atoms with van der Waals surface area (Å²) in [6.07, 6.45) is 0.759. The van der Waals surface area contributed by atoms with E-state index in [1.807, 2.05) is 20.8 Å². The van der Waals surface area contributed by atoms with Crippen molar-refractivity contribution in [3.05, 3.63) is 34.4 Å². The molecule has 0 saturated heterocycles. The molecule has 0 saturated carbocycles. The zero-order valence-electron chi connectivity index (χ0n) is 11.3. The number of ether oxygens (including phenoxy) is 1. The van der Waals surface area contributed by atoms with Gasteiger partial charge in [-0.05, 0) is 33.3 Å². The number of nitro benzene ring substituents is 1. The van der Waals surface area contributed by atoms with Crippen molar-refractivity contribution in [1.82, 2.24) is 0 Å². The maximum absolute atomic E-state index is 10.9. The van der Waals surface area contributed by atoms with Gasteiger partial charge in [0.25, 0.3) is 5.69 Å². The molecule has 0 bridgehead atoms. The van der Waals surface area contributed by atoms with Crippen LogP contribution in [-0.4, -0.2) is 23.7 Å². The minimum atomic E-state index is -0.378. The Morgan fingerprint density at radius 1 is 1.44 bits per heavy atom. The summed E-state index contributed by atoms with van der Waals surface area (Å²) in [5.41, 5.74) is 0.386. The van der Waals surface area contributed by atoms with Crippen molar-refractivity contribution in [3.8, 4) is 0 Å². The SMILES string of the molecule is COC(C)(C)CC(C)Nc1ccccc1[N+](=O)[O-]. The second kappa shape index (κ2) is 5.82. The normalized spacial score (nSPS) is 13.1. The Morgan fingerprint density at radius 2 is 2.06 bits per heavy atom. The molecule has 0 radical (unpaired) electrons. The van der Waals surface area contributed by atoms with Crippen molar-refractivity contribution in [3.63, 3.8) is 0 Å². The summed E-state index contributed by atoms with van der Waals surface area (Å²) in [5.74, 6) is 0. The third kappa shape index (κ3) is 4.00. The first-order valence-corrected chi connectivity index (χ1v) is 5.91. The van der Waals surface area contributed by atoms with E-state index in [1.54, 1.807) is 25.3 Å². The number of nitro groups is 1.